The van der Waals surface area contributed by atoms with Gasteiger partial charge in [0.2, 0.25) is 0 Å². The molecule has 2 rings (SSSR count). The first-order chi connectivity index (χ1) is 9.35. The summed E-state index contributed by atoms with van der Waals surface area (Å²) in [5.74, 6) is -0.341. The molecule has 0 aromatic heterocycles. The van der Waals surface area contributed by atoms with E-state index in [-0.39, 0.29) is 18.7 Å². The van der Waals surface area contributed by atoms with E-state index in [4.69, 9.17) is 9.47 Å². The second kappa shape index (κ2) is 5.89. The highest BCUT2D eigenvalue weighted by atomic mass is 19.4. The molecule has 7 heteroatoms. The first kappa shape index (κ1) is 15.6. The monoisotopic (exact) mass is 295 g/mol. The molecule has 2 fully saturated rings. The second-order valence-corrected chi connectivity index (χ2v) is 5.59. The Morgan fingerprint density at radius 3 is 2.60 bits per heavy atom. The van der Waals surface area contributed by atoms with Crippen molar-refractivity contribution in [3.05, 3.63) is 0 Å². The van der Waals surface area contributed by atoms with Gasteiger partial charge in [-0.3, -0.25) is 10.1 Å². The van der Waals surface area contributed by atoms with Crippen LogP contribution in [0.1, 0.15) is 38.5 Å². The Balaban J connectivity index is 1.85. The molecule has 0 aromatic rings. The van der Waals surface area contributed by atoms with Crippen molar-refractivity contribution in [1.82, 2.24) is 5.32 Å². The van der Waals surface area contributed by atoms with E-state index in [9.17, 15) is 18.0 Å². The molecule has 2 unspecified atom stereocenters. The van der Waals surface area contributed by atoms with E-state index >= 15 is 0 Å². The summed E-state index contributed by atoms with van der Waals surface area (Å²) in [6, 6.07) is 0.322. The van der Waals surface area contributed by atoms with Crippen LogP contribution in [0.2, 0.25) is 0 Å². The Bertz CT molecular complexity index is 357. The quantitative estimate of drug-likeness (QED) is 0.763. The van der Waals surface area contributed by atoms with Crippen LogP contribution in [0.15, 0.2) is 0 Å². The number of carbonyl (C=O) groups is 1. The number of carbonyl (C=O) groups excluding carboxylic acids is 1. The molecule has 2 atom stereocenters. The Hall–Kier alpha value is -0.820. The van der Waals surface area contributed by atoms with Crippen molar-refractivity contribution >= 4 is 5.97 Å². The van der Waals surface area contributed by atoms with Gasteiger partial charge in [0.05, 0.1) is 26.2 Å². The lowest BCUT2D eigenvalue weighted by atomic mass is 9.97. The van der Waals surface area contributed by atoms with Crippen molar-refractivity contribution in [2.75, 3.05) is 13.7 Å². The average Bonchev–Trinajstić information content (AvgIpc) is 3.07. The lowest BCUT2D eigenvalue weighted by molar-refractivity contribution is -0.152. The van der Waals surface area contributed by atoms with E-state index in [0.717, 1.165) is 12.8 Å². The molecule has 4 nitrogen and oxygen atoms in total. The minimum absolute atomic E-state index is 0.317. The standard InChI is InChI=1S/C13H20F3NO3/c1-19-11(18)12(17-9-2-3-9)5-4-10(8-12)20-7-6-13(14,15)16/h9-10,17H,2-8H2,1H3. The predicted molar refractivity (Wildman–Crippen MR) is 65.2 cm³/mol. The normalized spacial score (nSPS) is 30.5. The number of nitrogens with one attached hydrogen (secondary N) is 1. The molecule has 20 heavy (non-hydrogen) atoms. The Morgan fingerprint density at radius 1 is 1.35 bits per heavy atom. The van der Waals surface area contributed by atoms with E-state index in [2.05, 4.69) is 5.32 Å². The number of methoxy groups -OCH3 is 1. The first-order valence-electron chi connectivity index (χ1n) is 6.89. The highest BCUT2D eigenvalue weighted by Crippen LogP contribution is 2.36. The molecule has 0 amide bonds. The molecule has 0 aromatic carbocycles. The van der Waals surface area contributed by atoms with Crippen molar-refractivity contribution in [2.45, 2.75) is 62.4 Å². The van der Waals surface area contributed by atoms with Crippen LogP contribution < -0.4 is 5.32 Å². The summed E-state index contributed by atoms with van der Waals surface area (Å²) in [5.41, 5.74) is -0.779. The molecule has 0 spiro atoms. The van der Waals surface area contributed by atoms with Gasteiger partial charge >= 0.3 is 12.1 Å². The molecule has 0 aliphatic heterocycles. The van der Waals surface area contributed by atoms with Crippen molar-refractivity contribution < 1.29 is 27.4 Å². The molecule has 1 N–H and O–H groups in total. The van der Waals surface area contributed by atoms with Gasteiger partial charge in [0.15, 0.2) is 0 Å². The zero-order valence-electron chi connectivity index (χ0n) is 11.5. The highest BCUT2D eigenvalue weighted by Gasteiger charge is 2.49. The molecule has 0 bridgehead atoms. The molecule has 0 radical (unpaired) electrons. The summed E-state index contributed by atoms with van der Waals surface area (Å²) in [6.45, 7) is -0.352. The van der Waals surface area contributed by atoms with Crippen molar-refractivity contribution in [1.29, 1.82) is 0 Å². The topological polar surface area (TPSA) is 47.6 Å². The van der Waals surface area contributed by atoms with Gasteiger partial charge in [0, 0.05) is 12.5 Å². The highest BCUT2D eigenvalue weighted by molar-refractivity contribution is 5.81. The van der Waals surface area contributed by atoms with E-state index in [1.807, 2.05) is 0 Å². The van der Waals surface area contributed by atoms with E-state index < -0.39 is 18.1 Å². The summed E-state index contributed by atoms with van der Waals surface area (Å²) >= 11 is 0. The van der Waals surface area contributed by atoms with Gasteiger partial charge in [-0.05, 0) is 25.7 Å². The lowest BCUT2D eigenvalue weighted by Crippen LogP contribution is -2.52. The van der Waals surface area contributed by atoms with Crippen molar-refractivity contribution in [3.8, 4) is 0 Å². The Kier molecular flexibility index (Phi) is 4.59. The zero-order valence-corrected chi connectivity index (χ0v) is 11.5. The van der Waals surface area contributed by atoms with E-state index in [0.29, 0.717) is 25.3 Å². The molecule has 116 valence electrons. The number of rotatable bonds is 6. The SMILES string of the molecule is COC(=O)C1(NC2CC2)CCC(OCCC(F)(F)F)C1. The summed E-state index contributed by atoms with van der Waals surface area (Å²) in [7, 11) is 1.33. The van der Waals surface area contributed by atoms with Crippen molar-refractivity contribution in [3.63, 3.8) is 0 Å². The van der Waals surface area contributed by atoms with E-state index in [1.54, 1.807) is 0 Å². The fourth-order valence-corrected chi connectivity index (χ4v) is 2.67. The molecule has 2 aliphatic rings. The maximum absolute atomic E-state index is 12.1. The minimum Gasteiger partial charge on any atom is -0.468 e. The second-order valence-electron chi connectivity index (χ2n) is 5.59. The van der Waals surface area contributed by atoms with Crippen LogP contribution >= 0.6 is 0 Å². The molecule has 2 aliphatic carbocycles. The fourth-order valence-electron chi connectivity index (χ4n) is 2.67. The van der Waals surface area contributed by atoms with Gasteiger partial charge in [-0.15, -0.1) is 0 Å². The summed E-state index contributed by atoms with van der Waals surface area (Å²) < 4.78 is 46.3. The summed E-state index contributed by atoms with van der Waals surface area (Å²) in [6.07, 6.45) is -1.91. The first-order valence-corrected chi connectivity index (χ1v) is 6.89. The largest absolute Gasteiger partial charge is 0.468 e. The zero-order chi connectivity index (χ0) is 14.8. The van der Waals surface area contributed by atoms with Crippen LogP contribution in [0.5, 0.6) is 0 Å². The third-order valence-corrected chi connectivity index (χ3v) is 3.84. The minimum atomic E-state index is -4.20. The molecular weight excluding hydrogens is 275 g/mol. The maximum Gasteiger partial charge on any atom is 0.391 e. The van der Waals surface area contributed by atoms with Crippen LogP contribution in [-0.4, -0.2) is 43.5 Å². The van der Waals surface area contributed by atoms with Crippen LogP contribution in [0, 0.1) is 0 Å². The predicted octanol–water partition coefficient (Wildman–Crippen LogP) is 2.17. The van der Waals surface area contributed by atoms with Crippen LogP contribution in [0.3, 0.4) is 0 Å². The molecule has 2 saturated carbocycles. The molecule has 0 heterocycles. The van der Waals surface area contributed by atoms with Crippen LogP contribution in [0.25, 0.3) is 0 Å². The third-order valence-electron chi connectivity index (χ3n) is 3.84. The van der Waals surface area contributed by atoms with Gasteiger partial charge in [-0.2, -0.15) is 13.2 Å². The van der Waals surface area contributed by atoms with E-state index in [1.165, 1.54) is 7.11 Å². The number of hydrogen-bond acceptors (Lipinski definition) is 4. The third kappa shape index (κ3) is 4.09. The van der Waals surface area contributed by atoms with Gasteiger partial charge in [-0.25, -0.2) is 0 Å². The Morgan fingerprint density at radius 2 is 2.05 bits per heavy atom. The fraction of sp³-hybridized carbons (Fsp3) is 0.923. The number of halogens is 3. The summed E-state index contributed by atoms with van der Waals surface area (Å²) in [4.78, 5) is 12.0. The van der Waals surface area contributed by atoms with Crippen LogP contribution in [-0.2, 0) is 14.3 Å². The smallest absolute Gasteiger partial charge is 0.391 e. The average molecular weight is 295 g/mol. The number of hydrogen-bond donors (Lipinski definition) is 1. The Labute approximate surface area is 116 Å². The lowest BCUT2D eigenvalue weighted by Gasteiger charge is -2.27. The summed E-state index contributed by atoms with van der Waals surface area (Å²) in [5, 5.41) is 3.28. The van der Waals surface area contributed by atoms with Crippen molar-refractivity contribution in [2.24, 2.45) is 0 Å². The van der Waals surface area contributed by atoms with Crippen LogP contribution in [0.4, 0.5) is 13.2 Å². The van der Waals surface area contributed by atoms with Gasteiger partial charge < -0.3 is 9.47 Å². The number of alkyl halides is 3. The number of esters is 1. The van der Waals surface area contributed by atoms with Gasteiger partial charge in [0.25, 0.3) is 0 Å². The molecular formula is C13H20F3NO3. The number of ether oxygens (including phenoxy) is 2. The van der Waals surface area contributed by atoms with Gasteiger partial charge in [-0.1, -0.05) is 0 Å². The maximum atomic E-state index is 12.1. The van der Waals surface area contributed by atoms with Gasteiger partial charge in [0.1, 0.15) is 5.54 Å². The molecule has 0 saturated heterocycles.